The van der Waals surface area contributed by atoms with Gasteiger partial charge in [0.2, 0.25) is 5.91 Å². The van der Waals surface area contributed by atoms with Crippen LogP contribution in [0.3, 0.4) is 0 Å². The number of hydrogen-bond donors (Lipinski definition) is 2. The third-order valence-electron chi connectivity index (χ3n) is 4.63. The van der Waals surface area contributed by atoms with E-state index in [0.717, 1.165) is 25.2 Å². The number of piperidine rings is 1. The van der Waals surface area contributed by atoms with Crippen LogP contribution in [0.15, 0.2) is 42.5 Å². The van der Waals surface area contributed by atoms with E-state index < -0.39 is 0 Å². The summed E-state index contributed by atoms with van der Waals surface area (Å²) in [6, 6.07) is 14.4. The summed E-state index contributed by atoms with van der Waals surface area (Å²) in [7, 11) is 0. The molecule has 0 bridgehead atoms. The van der Waals surface area contributed by atoms with Crippen LogP contribution in [0.1, 0.15) is 25.3 Å². The molecule has 0 spiro atoms. The largest absolute Gasteiger partial charge is 0.355 e. The fourth-order valence-electron chi connectivity index (χ4n) is 3.26. The zero-order valence-corrected chi connectivity index (χ0v) is 14.4. The third-order valence-corrected chi connectivity index (χ3v) is 4.63. The monoisotopic (exact) mass is 332 g/mol. The molecular weight excluding hydrogens is 308 g/mol. The molecule has 3 rings (SSSR count). The second-order valence-electron chi connectivity index (χ2n) is 6.68. The van der Waals surface area contributed by atoms with Gasteiger partial charge in [-0.1, -0.05) is 49.4 Å². The van der Waals surface area contributed by atoms with Crippen molar-refractivity contribution in [3.05, 3.63) is 48.0 Å². The molecule has 3 nitrogen and oxygen atoms in total. The molecule has 0 radical (unpaired) electrons. The Morgan fingerprint density at radius 2 is 2.00 bits per heavy atom. The van der Waals surface area contributed by atoms with Crippen molar-refractivity contribution >= 4 is 29.1 Å². The molecule has 23 heavy (non-hydrogen) atoms. The van der Waals surface area contributed by atoms with Gasteiger partial charge in [-0.15, -0.1) is 12.4 Å². The highest BCUT2D eigenvalue weighted by molar-refractivity contribution is 5.90. The molecule has 1 aliphatic rings. The molecule has 1 fully saturated rings. The number of halogens is 1. The second kappa shape index (κ2) is 7.80. The number of hydrogen-bond acceptors (Lipinski definition) is 2. The quantitative estimate of drug-likeness (QED) is 0.902. The van der Waals surface area contributed by atoms with Crippen molar-refractivity contribution in [2.45, 2.75) is 26.2 Å². The molecule has 0 saturated carbocycles. The van der Waals surface area contributed by atoms with Gasteiger partial charge in [0.1, 0.15) is 0 Å². The van der Waals surface area contributed by atoms with E-state index in [4.69, 9.17) is 0 Å². The summed E-state index contributed by atoms with van der Waals surface area (Å²) in [5.41, 5.74) is 1.29. The first-order valence-corrected chi connectivity index (χ1v) is 8.10. The van der Waals surface area contributed by atoms with Gasteiger partial charge < -0.3 is 10.6 Å². The zero-order chi connectivity index (χ0) is 15.4. The summed E-state index contributed by atoms with van der Waals surface area (Å²) in [5, 5.41) is 8.91. The van der Waals surface area contributed by atoms with E-state index in [9.17, 15) is 4.79 Å². The van der Waals surface area contributed by atoms with Crippen molar-refractivity contribution in [3.63, 3.8) is 0 Å². The van der Waals surface area contributed by atoms with Gasteiger partial charge in [-0.25, -0.2) is 0 Å². The Labute approximate surface area is 144 Å². The molecule has 124 valence electrons. The van der Waals surface area contributed by atoms with Crippen LogP contribution in [-0.4, -0.2) is 25.5 Å². The molecule has 1 amide bonds. The van der Waals surface area contributed by atoms with E-state index in [1.165, 1.54) is 23.6 Å². The summed E-state index contributed by atoms with van der Waals surface area (Å²) in [6.07, 6.45) is 2.81. The average Bonchev–Trinajstić information content (AvgIpc) is 2.54. The number of nitrogens with one attached hydrogen (secondary N) is 2. The first kappa shape index (κ1) is 17.8. The predicted molar refractivity (Wildman–Crippen MR) is 98.1 cm³/mol. The molecule has 1 saturated heterocycles. The third kappa shape index (κ3) is 4.46. The summed E-state index contributed by atoms with van der Waals surface area (Å²) < 4.78 is 0. The lowest BCUT2D eigenvalue weighted by atomic mass is 9.83. The van der Waals surface area contributed by atoms with Gasteiger partial charge in [-0.3, -0.25) is 4.79 Å². The Hall–Kier alpha value is -1.58. The lowest BCUT2D eigenvalue weighted by Crippen LogP contribution is -2.45. The smallest absolute Gasteiger partial charge is 0.224 e. The molecule has 1 heterocycles. The Bertz CT molecular complexity index is 660. The number of carbonyl (C=O) groups is 1. The van der Waals surface area contributed by atoms with Gasteiger partial charge in [0, 0.05) is 13.1 Å². The lowest BCUT2D eigenvalue weighted by molar-refractivity contribution is -0.120. The highest BCUT2D eigenvalue weighted by Gasteiger charge is 2.26. The van der Waals surface area contributed by atoms with Crippen LogP contribution in [-0.2, 0) is 11.2 Å². The molecule has 2 aromatic rings. The van der Waals surface area contributed by atoms with Crippen molar-refractivity contribution < 1.29 is 4.79 Å². The molecule has 4 heteroatoms. The molecule has 2 N–H and O–H groups in total. The summed E-state index contributed by atoms with van der Waals surface area (Å²) in [5.74, 6) is 0.114. The summed E-state index contributed by atoms with van der Waals surface area (Å²) in [6.45, 7) is 5.09. The minimum Gasteiger partial charge on any atom is -0.355 e. The number of amides is 1. The van der Waals surface area contributed by atoms with E-state index in [2.05, 4.69) is 35.8 Å². The van der Waals surface area contributed by atoms with Crippen LogP contribution in [0, 0.1) is 5.41 Å². The van der Waals surface area contributed by atoms with Gasteiger partial charge in [0.15, 0.2) is 0 Å². The maximum atomic E-state index is 12.3. The number of fused-ring (bicyclic) bond motifs is 1. The fraction of sp³-hybridized carbons (Fsp3) is 0.421. The number of benzene rings is 2. The number of rotatable bonds is 4. The topological polar surface area (TPSA) is 41.1 Å². The summed E-state index contributed by atoms with van der Waals surface area (Å²) in [4.78, 5) is 12.3. The predicted octanol–water partition coefficient (Wildman–Crippen LogP) is 3.31. The van der Waals surface area contributed by atoms with E-state index in [1.807, 2.05) is 24.3 Å². The first-order chi connectivity index (χ1) is 10.7. The maximum Gasteiger partial charge on any atom is 0.224 e. The highest BCUT2D eigenvalue weighted by Crippen LogP contribution is 2.24. The molecule has 2 aromatic carbocycles. The molecule has 0 aromatic heterocycles. The van der Waals surface area contributed by atoms with E-state index in [0.29, 0.717) is 6.42 Å². The average molecular weight is 333 g/mol. The van der Waals surface area contributed by atoms with Gasteiger partial charge >= 0.3 is 0 Å². The van der Waals surface area contributed by atoms with Crippen LogP contribution >= 0.6 is 12.4 Å². The SMILES string of the molecule is CC1(CNC(=O)Cc2cccc3ccccc23)CCCNC1.Cl. The van der Waals surface area contributed by atoms with Crippen LogP contribution < -0.4 is 10.6 Å². The van der Waals surface area contributed by atoms with Crippen LogP contribution in [0.2, 0.25) is 0 Å². The molecular formula is C19H25ClN2O. The van der Waals surface area contributed by atoms with Gasteiger partial charge in [-0.2, -0.15) is 0 Å². The first-order valence-electron chi connectivity index (χ1n) is 8.10. The van der Waals surface area contributed by atoms with Crippen molar-refractivity contribution in [1.82, 2.24) is 10.6 Å². The van der Waals surface area contributed by atoms with Gasteiger partial charge in [0.05, 0.1) is 6.42 Å². The van der Waals surface area contributed by atoms with Gasteiger partial charge in [0.25, 0.3) is 0 Å². The Balaban J connectivity index is 0.00000192. The minimum absolute atomic E-state index is 0. The van der Waals surface area contributed by atoms with Crippen molar-refractivity contribution in [1.29, 1.82) is 0 Å². The van der Waals surface area contributed by atoms with E-state index in [-0.39, 0.29) is 23.7 Å². The molecule has 0 aliphatic carbocycles. The molecule has 1 atom stereocenters. The van der Waals surface area contributed by atoms with E-state index >= 15 is 0 Å². The number of carbonyl (C=O) groups excluding carboxylic acids is 1. The normalized spacial score (nSPS) is 20.7. The molecule has 1 aliphatic heterocycles. The van der Waals surface area contributed by atoms with E-state index in [1.54, 1.807) is 0 Å². The van der Waals surface area contributed by atoms with Crippen molar-refractivity contribution in [2.75, 3.05) is 19.6 Å². The maximum absolute atomic E-state index is 12.3. The zero-order valence-electron chi connectivity index (χ0n) is 13.6. The van der Waals surface area contributed by atoms with Crippen molar-refractivity contribution in [2.24, 2.45) is 5.41 Å². The standard InChI is InChI=1S/C19H24N2O.ClH/c1-19(10-5-11-20-13-19)14-21-18(22)12-16-8-4-7-15-6-2-3-9-17(15)16;/h2-4,6-9,20H,5,10-14H2,1H3,(H,21,22);1H. The van der Waals surface area contributed by atoms with Crippen LogP contribution in [0.25, 0.3) is 10.8 Å². The Kier molecular flexibility index (Phi) is 6.03. The fourth-order valence-corrected chi connectivity index (χ4v) is 3.26. The Morgan fingerprint density at radius 3 is 2.78 bits per heavy atom. The Morgan fingerprint density at radius 1 is 1.22 bits per heavy atom. The summed E-state index contributed by atoms with van der Waals surface area (Å²) >= 11 is 0. The second-order valence-corrected chi connectivity index (χ2v) is 6.68. The highest BCUT2D eigenvalue weighted by atomic mass is 35.5. The minimum atomic E-state index is 0. The van der Waals surface area contributed by atoms with Crippen molar-refractivity contribution in [3.8, 4) is 0 Å². The van der Waals surface area contributed by atoms with Gasteiger partial charge in [-0.05, 0) is 41.1 Å². The van der Waals surface area contributed by atoms with Crippen LogP contribution in [0.5, 0.6) is 0 Å². The lowest BCUT2D eigenvalue weighted by Gasteiger charge is -2.34. The molecule has 1 unspecified atom stereocenters. The van der Waals surface area contributed by atoms with Crippen LogP contribution in [0.4, 0.5) is 0 Å².